The number of likely N-dealkylation sites (tertiary alicyclic amines) is 1. The normalized spacial score (nSPS) is 22.7. The SMILES string of the molecule is CCN1CCC[C@H](COCC(=O)OC)C1. The van der Waals surface area contributed by atoms with Crippen LogP contribution in [-0.4, -0.2) is 50.8 Å². The number of hydrogen-bond donors (Lipinski definition) is 0. The Balaban J connectivity index is 2.12. The first-order valence-electron chi connectivity index (χ1n) is 5.63. The molecule has 0 unspecified atom stereocenters. The lowest BCUT2D eigenvalue weighted by Crippen LogP contribution is -2.37. The summed E-state index contributed by atoms with van der Waals surface area (Å²) in [4.78, 5) is 13.2. The van der Waals surface area contributed by atoms with E-state index in [9.17, 15) is 4.79 Å². The van der Waals surface area contributed by atoms with Crippen LogP contribution >= 0.6 is 0 Å². The topological polar surface area (TPSA) is 38.8 Å². The van der Waals surface area contributed by atoms with Gasteiger partial charge in [-0.1, -0.05) is 6.92 Å². The van der Waals surface area contributed by atoms with Crippen molar-refractivity contribution in [2.45, 2.75) is 19.8 Å². The maximum Gasteiger partial charge on any atom is 0.331 e. The molecule has 0 radical (unpaired) electrons. The molecule has 0 aromatic rings. The predicted octanol–water partition coefficient (Wildman–Crippen LogP) is 0.908. The molecule has 0 aromatic heterocycles. The number of methoxy groups -OCH3 is 1. The van der Waals surface area contributed by atoms with Gasteiger partial charge in [0.2, 0.25) is 0 Å². The van der Waals surface area contributed by atoms with Gasteiger partial charge in [-0.3, -0.25) is 0 Å². The Hall–Kier alpha value is -0.610. The minimum Gasteiger partial charge on any atom is -0.467 e. The lowest BCUT2D eigenvalue weighted by molar-refractivity contribution is -0.146. The molecule has 1 saturated heterocycles. The molecule has 0 aromatic carbocycles. The molecule has 0 N–H and O–H groups in total. The highest BCUT2D eigenvalue weighted by Gasteiger charge is 2.18. The summed E-state index contributed by atoms with van der Waals surface area (Å²) in [6.45, 7) is 6.33. The summed E-state index contributed by atoms with van der Waals surface area (Å²) in [6, 6.07) is 0. The second-order valence-electron chi connectivity index (χ2n) is 3.99. The van der Waals surface area contributed by atoms with E-state index in [2.05, 4.69) is 16.6 Å². The zero-order chi connectivity index (χ0) is 11.1. The monoisotopic (exact) mass is 215 g/mol. The second-order valence-corrected chi connectivity index (χ2v) is 3.99. The van der Waals surface area contributed by atoms with Crippen LogP contribution in [0.5, 0.6) is 0 Å². The third-order valence-electron chi connectivity index (χ3n) is 2.85. The first-order chi connectivity index (χ1) is 7.26. The van der Waals surface area contributed by atoms with E-state index in [1.807, 2.05) is 0 Å². The summed E-state index contributed by atoms with van der Waals surface area (Å²) < 4.78 is 9.82. The Labute approximate surface area is 91.5 Å². The van der Waals surface area contributed by atoms with Crippen LogP contribution in [0.1, 0.15) is 19.8 Å². The average molecular weight is 215 g/mol. The number of hydrogen-bond acceptors (Lipinski definition) is 4. The minimum absolute atomic E-state index is 0.0825. The number of nitrogens with zero attached hydrogens (tertiary/aromatic N) is 1. The van der Waals surface area contributed by atoms with Gasteiger partial charge in [-0.15, -0.1) is 0 Å². The van der Waals surface area contributed by atoms with E-state index in [4.69, 9.17) is 4.74 Å². The van der Waals surface area contributed by atoms with E-state index in [0.717, 1.165) is 13.1 Å². The van der Waals surface area contributed by atoms with Gasteiger partial charge in [-0.2, -0.15) is 0 Å². The van der Waals surface area contributed by atoms with Crippen molar-refractivity contribution in [3.8, 4) is 0 Å². The smallest absolute Gasteiger partial charge is 0.331 e. The summed E-state index contributed by atoms with van der Waals surface area (Å²) in [7, 11) is 1.38. The van der Waals surface area contributed by atoms with Crippen LogP contribution < -0.4 is 0 Å². The maximum atomic E-state index is 10.8. The minimum atomic E-state index is -0.293. The molecular formula is C11H21NO3. The van der Waals surface area contributed by atoms with Gasteiger partial charge in [-0.05, 0) is 31.8 Å². The van der Waals surface area contributed by atoms with E-state index in [1.165, 1.54) is 26.5 Å². The Kier molecular flexibility index (Phi) is 5.65. The number of carbonyl (C=O) groups is 1. The van der Waals surface area contributed by atoms with Crippen molar-refractivity contribution in [1.82, 2.24) is 4.90 Å². The van der Waals surface area contributed by atoms with E-state index in [1.54, 1.807) is 0 Å². The first-order valence-corrected chi connectivity index (χ1v) is 5.63. The molecule has 1 fully saturated rings. The predicted molar refractivity (Wildman–Crippen MR) is 57.7 cm³/mol. The molecule has 0 aliphatic carbocycles. The van der Waals surface area contributed by atoms with Crippen molar-refractivity contribution in [2.24, 2.45) is 5.92 Å². The van der Waals surface area contributed by atoms with Crippen LogP contribution in [-0.2, 0) is 14.3 Å². The van der Waals surface area contributed by atoms with Crippen LogP contribution in [0, 0.1) is 5.92 Å². The highest BCUT2D eigenvalue weighted by molar-refractivity contribution is 5.70. The van der Waals surface area contributed by atoms with Crippen molar-refractivity contribution >= 4 is 5.97 Å². The lowest BCUT2D eigenvalue weighted by Gasteiger charge is -2.31. The summed E-state index contributed by atoms with van der Waals surface area (Å²) in [5.74, 6) is 0.279. The molecule has 4 heteroatoms. The molecule has 1 rings (SSSR count). The van der Waals surface area contributed by atoms with Crippen LogP contribution in [0.2, 0.25) is 0 Å². The maximum absolute atomic E-state index is 10.8. The number of esters is 1. The van der Waals surface area contributed by atoms with E-state index in [-0.39, 0.29) is 12.6 Å². The fraction of sp³-hybridized carbons (Fsp3) is 0.909. The number of rotatable bonds is 5. The molecule has 1 atom stereocenters. The van der Waals surface area contributed by atoms with Crippen LogP contribution in [0.15, 0.2) is 0 Å². The van der Waals surface area contributed by atoms with E-state index >= 15 is 0 Å². The van der Waals surface area contributed by atoms with Crippen LogP contribution in [0.3, 0.4) is 0 Å². The first kappa shape index (κ1) is 12.5. The van der Waals surface area contributed by atoms with Crippen LogP contribution in [0.4, 0.5) is 0 Å². The Morgan fingerprint density at radius 1 is 1.53 bits per heavy atom. The van der Waals surface area contributed by atoms with Gasteiger partial charge >= 0.3 is 5.97 Å². The number of ether oxygens (including phenoxy) is 2. The lowest BCUT2D eigenvalue weighted by atomic mass is 9.99. The van der Waals surface area contributed by atoms with Crippen molar-refractivity contribution in [3.05, 3.63) is 0 Å². The average Bonchev–Trinajstić information content (AvgIpc) is 2.29. The summed E-state index contributed by atoms with van der Waals surface area (Å²) in [6.07, 6.45) is 2.44. The molecule has 0 amide bonds. The van der Waals surface area contributed by atoms with Crippen molar-refractivity contribution in [3.63, 3.8) is 0 Å². The molecule has 0 spiro atoms. The Bertz CT molecular complexity index is 196. The van der Waals surface area contributed by atoms with Crippen LogP contribution in [0.25, 0.3) is 0 Å². The van der Waals surface area contributed by atoms with Gasteiger partial charge in [-0.25, -0.2) is 4.79 Å². The highest BCUT2D eigenvalue weighted by Crippen LogP contribution is 2.16. The van der Waals surface area contributed by atoms with Gasteiger partial charge in [0.1, 0.15) is 6.61 Å². The van der Waals surface area contributed by atoms with Gasteiger partial charge in [0.15, 0.2) is 0 Å². The molecule has 88 valence electrons. The Morgan fingerprint density at radius 2 is 2.33 bits per heavy atom. The van der Waals surface area contributed by atoms with Crippen molar-refractivity contribution < 1.29 is 14.3 Å². The molecule has 15 heavy (non-hydrogen) atoms. The summed E-state index contributed by atoms with van der Waals surface area (Å²) in [5.41, 5.74) is 0. The zero-order valence-corrected chi connectivity index (χ0v) is 9.70. The highest BCUT2D eigenvalue weighted by atomic mass is 16.6. The van der Waals surface area contributed by atoms with Gasteiger partial charge in [0.25, 0.3) is 0 Å². The molecule has 0 bridgehead atoms. The number of carbonyl (C=O) groups excluding carboxylic acids is 1. The van der Waals surface area contributed by atoms with Gasteiger partial charge < -0.3 is 14.4 Å². The van der Waals surface area contributed by atoms with Gasteiger partial charge in [0, 0.05) is 6.54 Å². The van der Waals surface area contributed by atoms with E-state index < -0.39 is 0 Å². The van der Waals surface area contributed by atoms with Crippen molar-refractivity contribution in [2.75, 3.05) is 40.0 Å². The molecular weight excluding hydrogens is 194 g/mol. The quantitative estimate of drug-likeness (QED) is 0.639. The van der Waals surface area contributed by atoms with Crippen molar-refractivity contribution in [1.29, 1.82) is 0 Å². The largest absolute Gasteiger partial charge is 0.467 e. The summed E-state index contributed by atoms with van der Waals surface area (Å²) in [5, 5.41) is 0. The molecule has 1 heterocycles. The number of piperidine rings is 1. The molecule has 4 nitrogen and oxygen atoms in total. The third-order valence-corrected chi connectivity index (χ3v) is 2.85. The zero-order valence-electron chi connectivity index (χ0n) is 9.70. The fourth-order valence-electron chi connectivity index (χ4n) is 1.94. The third kappa shape index (κ3) is 4.62. The summed E-state index contributed by atoms with van der Waals surface area (Å²) >= 11 is 0. The molecule has 1 aliphatic rings. The molecule has 0 saturated carbocycles. The Morgan fingerprint density at radius 3 is 3.00 bits per heavy atom. The fourth-order valence-corrected chi connectivity index (χ4v) is 1.94. The van der Waals surface area contributed by atoms with E-state index in [0.29, 0.717) is 12.5 Å². The molecule has 1 aliphatic heterocycles. The standard InChI is InChI=1S/C11H21NO3/c1-3-12-6-4-5-10(7-12)8-15-9-11(13)14-2/h10H,3-9H2,1-2H3/t10-/m0/s1. The second kappa shape index (κ2) is 6.80. The van der Waals surface area contributed by atoms with Gasteiger partial charge in [0.05, 0.1) is 13.7 Å².